The van der Waals surface area contributed by atoms with Crippen LogP contribution >= 0.6 is 0 Å². The third kappa shape index (κ3) is 2.34. The van der Waals surface area contributed by atoms with Crippen LogP contribution in [0.4, 0.5) is 0 Å². The number of aliphatic hydroxyl groups is 1. The van der Waals surface area contributed by atoms with Crippen LogP contribution in [0.3, 0.4) is 0 Å². The molecule has 7 aliphatic rings. The first kappa shape index (κ1) is 21.9. The van der Waals surface area contributed by atoms with Crippen LogP contribution in [0.5, 0.6) is 11.5 Å². The number of aromatic hydroxyl groups is 1. The Hall–Kier alpha value is -2.15. The van der Waals surface area contributed by atoms with Gasteiger partial charge in [-0.25, -0.2) is 0 Å². The summed E-state index contributed by atoms with van der Waals surface area (Å²) in [6, 6.07) is 10.2. The van der Waals surface area contributed by atoms with Gasteiger partial charge in [0.15, 0.2) is 11.5 Å². The summed E-state index contributed by atoms with van der Waals surface area (Å²) in [6.45, 7) is 4.18. The van der Waals surface area contributed by atoms with Crippen LogP contribution in [-0.4, -0.2) is 58.0 Å². The molecule has 0 unspecified atom stereocenters. The molecule has 3 heterocycles. The van der Waals surface area contributed by atoms with Crippen molar-refractivity contribution in [2.24, 2.45) is 17.3 Å². The van der Waals surface area contributed by atoms with E-state index in [1.54, 1.807) is 13.3 Å². The summed E-state index contributed by atoms with van der Waals surface area (Å²) >= 11 is 0. The SMILES string of the molecule is CO[C@]12CC[C@@]3(C[C@@H]1[C@@](C)(O)c1ccccn1)[C@H]1Cc4ccc(O)c5c4[C@@]3(CCN1CC1CC1)[C@H]2O5. The fourth-order valence-corrected chi connectivity index (χ4v) is 9.90. The van der Waals surface area contributed by atoms with Crippen molar-refractivity contribution < 1.29 is 19.7 Å². The number of ether oxygens (including phenoxy) is 2. The predicted molar refractivity (Wildman–Crippen MR) is 134 cm³/mol. The minimum Gasteiger partial charge on any atom is -0.504 e. The van der Waals surface area contributed by atoms with Gasteiger partial charge >= 0.3 is 0 Å². The van der Waals surface area contributed by atoms with Crippen LogP contribution in [0.15, 0.2) is 36.5 Å². The van der Waals surface area contributed by atoms with Gasteiger partial charge in [-0.05, 0) is 88.1 Å². The molecule has 4 bridgehead atoms. The number of pyridine rings is 1. The summed E-state index contributed by atoms with van der Waals surface area (Å²) < 4.78 is 13.5. The number of hydrogen-bond donors (Lipinski definition) is 2. The Morgan fingerprint density at radius 2 is 2.06 bits per heavy atom. The number of phenols is 1. The van der Waals surface area contributed by atoms with Crippen molar-refractivity contribution in [2.45, 2.75) is 80.6 Å². The van der Waals surface area contributed by atoms with Gasteiger partial charge in [-0.2, -0.15) is 0 Å². The Balaban J connectivity index is 1.36. The van der Waals surface area contributed by atoms with Crippen LogP contribution in [-0.2, 0) is 22.2 Å². The standard InChI is InChI=1S/C30H36N2O4/c1-27(34,22-5-3-4-13-31-22)21-16-28-10-11-30(21,35-2)26-29(28)12-14-32(17-18-6-7-18)23(28)15-19-8-9-20(33)25(36-26)24(19)29/h3-5,8-9,13,18,21,23,26,33-34H,6-7,10-12,14-17H2,1-2H3/t21-,23-,26-,27-,28-,29+,30-/m1/s1. The molecular formula is C30H36N2O4. The summed E-state index contributed by atoms with van der Waals surface area (Å²) in [7, 11) is 1.80. The Bertz CT molecular complexity index is 1250. The zero-order valence-electron chi connectivity index (χ0n) is 21.2. The molecule has 7 atom stereocenters. The first-order chi connectivity index (χ1) is 17.4. The second-order valence-corrected chi connectivity index (χ2v) is 12.8. The molecule has 9 rings (SSSR count). The normalized spacial score (nSPS) is 41.5. The lowest BCUT2D eigenvalue weighted by atomic mass is 9.33. The van der Waals surface area contributed by atoms with Gasteiger partial charge in [0, 0.05) is 48.2 Å². The molecule has 0 amide bonds. The number of fused-ring (bicyclic) bond motifs is 2. The van der Waals surface area contributed by atoms with Gasteiger partial charge in [0.25, 0.3) is 0 Å². The molecule has 1 aromatic heterocycles. The van der Waals surface area contributed by atoms with E-state index in [4.69, 9.17) is 9.47 Å². The van der Waals surface area contributed by atoms with Crippen LogP contribution in [0, 0.1) is 17.3 Å². The largest absolute Gasteiger partial charge is 0.504 e. The molecule has 5 aliphatic carbocycles. The van der Waals surface area contributed by atoms with Gasteiger partial charge in [-0.15, -0.1) is 0 Å². The second kappa shape index (κ2) is 6.83. The third-order valence-electron chi connectivity index (χ3n) is 11.5. The Kier molecular flexibility index (Phi) is 4.15. The maximum absolute atomic E-state index is 12.3. The van der Waals surface area contributed by atoms with E-state index in [9.17, 15) is 10.2 Å². The van der Waals surface area contributed by atoms with E-state index in [0.717, 1.165) is 44.6 Å². The fraction of sp³-hybridized carbons (Fsp3) is 0.633. The molecule has 1 aromatic carbocycles. The highest BCUT2D eigenvalue weighted by atomic mass is 16.6. The van der Waals surface area contributed by atoms with Gasteiger partial charge in [-0.3, -0.25) is 9.88 Å². The molecular weight excluding hydrogens is 452 g/mol. The maximum atomic E-state index is 12.3. The van der Waals surface area contributed by atoms with E-state index in [1.165, 1.54) is 30.5 Å². The number of rotatable bonds is 5. The van der Waals surface area contributed by atoms with Crippen molar-refractivity contribution in [3.05, 3.63) is 53.3 Å². The lowest BCUT2D eigenvalue weighted by molar-refractivity contribution is -0.304. The lowest BCUT2D eigenvalue weighted by Crippen LogP contribution is -2.82. The van der Waals surface area contributed by atoms with Crippen LogP contribution in [0.2, 0.25) is 0 Å². The Morgan fingerprint density at radius 1 is 1.19 bits per heavy atom. The van der Waals surface area contributed by atoms with Crippen molar-refractivity contribution in [2.75, 3.05) is 20.2 Å². The molecule has 4 saturated carbocycles. The first-order valence-electron chi connectivity index (χ1n) is 13.8. The number of methoxy groups -OCH3 is 1. The fourth-order valence-electron chi connectivity index (χ4n) is 9.90. The minimum absolute atomic E-state index is 0.0272. The van der Waals surface area contributed by atoms with Crippen LogP contribution in [0.25, 0.3) is 0 Å². The van der Waals surface area contributed by atoms with Crippen molar-refractivity contribution in [1.82, 2.24) is 9.88 Å². The molecule has 2 N–H and O–H groups in total. The average molecular weight is 489 g/mol. The average Bonchev–Trinajstić information content (AvgIpc) is 3.64. The number of benzene rings is 1. The van der Waals surface area contributed by atoms with Gasteiger partial charge in [0.2, 0.25) is 0 Å². The Morgan fingerprint density at radius 3 is 2.81 bits per heavy atom. The molecule has 2 aliphatic heterocycles. The molecule has 5 fully saturated rings. The third-order valence-corrected chi connectivity index (χ3v) is 11.5. The number of aromatic nitrogens is 1. The molecule has 2 spiro atoms. The van der Waals surface area contributed by atoms with E-state index in [0.29, 0.717) is 17.5 Å². The second-order valence-electron chi connectivity index (χ2n) is 12.8. The van der Waals surface area contributed by atoms with Gasteiger partial charge in [-0.1, -0.05) is 12.1 Å². The van der Waals surface area contributed by atoms with Gasteiger partial charge in [0.1, 0.15) is 17.3 Å². The monoisotopic (exact) mass is 488 g/mol. The van der Waals surface area contributed by atoms with Crippen LogP contribution in [0.1, 0.15) is 62.3 Å². The molecule has 36 heavy (non-hydrogen) atoms. The smallest absolute Gasteiger partial charge is 0.165 e. The molecule has 6 heteroatoms. The molecule has 2 aromatic rings. The van der Waals surface area contributed by atoms with Crippen molar-refractivity contribution in [3.63, 3.8) is 0 Å². The Labute approximate surface area is 212 Å². The lowest BCUT2D eigenvalue weighted by Gasteiger charge is -2.75. The molecule has 190 valence electrons. The zero-order chi connectivity index (χ0) is 24.5. The summed E-state index contributed by atoms with van der Waals surface area (Å²) in [5.41, 5.74) is 1.25. The van der Waals surface area contributed by atoms with Crippen molar-refractivity contribution in [3.8, 4) is 11.5 Å². The van der Waals surface area contributed by atoms with E-state index < -0.39 is 11.2 Å². The van der Waals surface area contributed by atoms with Gasteiger partial charge in [0.05, 0.1) is 5.69 Å². The predicted octanol–water partition coefficient (Wildman–Crippen LogP) is 3.92. The highest BCUT2D eigenvalue weighted by Gasteiger charge is 2.82. The maximum Gasteiger partial charge on any atom is 0.165 e. The number of phenolic OH excluding ortho intramolecular Hbond substituents is 1. The summed E-state index contributed by atoms with van der Waals surface area (Å²) in [5, 5.41) is 23.3. The summed E-state index contributed by atoms with van der Waals surface area (Å²) in [6.07, 6.45) is 9.05. The summed E-state index contributed by atoms with van der Waals surface area (Å²) in [4.78, 5) is 7.41. The van der Waals surface area contributed by atoms with E-state index >= 15 is 0 Å². The van der Waals surface area contributed by atoms with E-state index in [-0.39, 0.29) is 28.6 Å². The molecule has 6 nitrogen and oxygen atoms in total. The molecule has 0 radical (unpaired) electrons. The highest BCUT2D eigenvalue weighted by Crippen LogP contribution is 2.77. The molecule has 1 saturated heterocycles. The van der Waals surface area contributed by atoms with E-state index in [2.05, 4.69) is 16.0 Å². The van der Waals surface area contributed by atoms with Crippen molar-refractivity contribution >= 4 is 0 Å². The number of piperidine rings is 1. The topological polar surface area (TPSA) is 75.0 Å². The highest BCUT2D eigenvalue weighted by molar-refractivity contribution is 5.63. The van der Waals surface area contributed by atoms with Crippen molar-refractivity contribution in [1.29, 1.82) is 0 Å². The number of hydrogen-bond acceptors (Lipinski definition) is 6. The van der Waals surface area contributed by atoms with Gasteiger partial charge < -0.3 is 19.7 Å². The number of likely N-dealkylation sites (tertiary alicyclic amines) is 1. The number of nitrogens with zero attached hydrogens (tertiary/aromatic N) is 2. The first-order valence-corrected chi connectivity index (χ1v) is 13.8. The van der Waals surface area contributed by atoms with Crippen LogP contribution < -0.4 is 4.74 Å². The van der Waals surface area contributed by atoms with E-state index in [1.807, 2.05) is 31.2 Å². The summed E-state index contributed by atoms with van der Waals surface area (Å²) in [5.74, 6) is 1.58. The zero-order valence-corrected chi connectivity index (χ0v) is 21.2. The minimum atomic E-state index is -1.16. The quantitative estimate of drug-likeness (QED) is 0.665.